The largest absolute Gasteiger partial charge is 0.392 e. The van der Waals surface area contributed by atoms with Gasteiger partial charge in [0.25, 0.3) is 0 Å². The molecule has 86 valence electrons. The first kappa shape index (κ1) is 10.9. The Balaban J connectivity index is 1.55. The van der Waals surface area contributed by atoms with Gasteiger partial charge in [-0.2, -0.15) is 0 Å². The molecule has 2 atom stereocenters. The van der Waals surface area contributed by atoms with Gasteiger partial charge in [0.15, 0.2) is 0 Å². The van der Waals surface area contributed by atoms with Crippen LogP contribution in [-0.2, 0) is 4.79 Å². The predicted molar refractivity (Wildman–Crippen MR) is 57.4 cm³/mol. The van der Waals surface area contributed by atoms with Crippen molar-refractivity contribution in [2.75, 3.05) is 6.54 Å². The molecule has 0 radical (unpaired) electrons. The Labute approximate surface area is 90.4 Å². The van der Waals surface area contributed by atoms with E-state index in [9.17, 15) is 9.90 Å². The zero-order valence-electron chi connectivity index (χ0n) is 9.04. The van der Waals surface area contributed by atoms with Crippen LogP contribution in [0, 0.1) is 0 Å². The average Bonchev–Trinajstić information content (AvgIpc) is 2.91. The van der Waals surface area contributed by atoms with Crippen molar-refractivity contribution in [2.45, 2.75) is 56.7 Å². The Morgan fingerprint density at radius 2 is 2.07 bits per heavy atom. The third kappa shape index (κ3) is 3.47. The molecule has 2 fully saturated rings. The number of carbonyl (C=O) groups excluding carboxylic acids is 1. The van der Waals surface area contributed by atoms with Crippen LogP contribution in [0.2, 0.25) is 0 Å². The lowest BCUT2D eigenvalue weighted by atomic mass is 10.2. The molecule has 2 aliphatic rings. The smallest absolute Gasteiger partial charge is 0.221 e. The number of aliphatic hydroxyl groups is 1. The zero-order chi connectivity index (χ0) is 10.7. The molecule has 0 aromatic heterocycles. The maximum atomic E-state index is 11.3. The van der Waals surface area contributed by atoms with E-state index in [0.29, 0.717) is 19.0 Å². The summed E-state index contributed by atoms with van der Waals surface area (Å²) < 4.78 is 0. The standard InChI is InChI=1S/C11H20N2O2/c14-10-3-1-2-9(10)12-7-6-11(15)13-8-4-5-8/h8-10,12,14H,1-7H2,(H,13,15)/t9-,10-/m1/s1. The predicted octanol–water partition coefficient (Wildman–Crippen LogP) is 0.158. The van der Waals surface area contributed by atoms with E-state index in [0.717, 1.165) is 32.1 Å². The second kappa shape index (κ2) is 4.94. The number of amides is 1. The van der Waals surface area contributed by atoms with Crippen LogP contribution in [0.25, 0.3) is 0 Å². The molecule has 2 aliphatic carbocycles. The molecule has 2 saturated carbocycles. The minimum Gasteiger partial charge on any atom is -0.392 e. The van der Waals surface area contributed by atoms with Gasteiger partial charge >= 0.3 is 0 Å². The number of carbonyl (C=O) groups is 1. The van der Waals surface area contributed by atoms with Crippen molar-refractivity contribution >= 4 is 5.91 Å². The molecule has 0 aromatic carbocycles. The molecule has 0 aliphatic heterocycles. The Bertz CT molecular complexity index is 229. The van der Waals surface area contributed by atoms with E-state index in [2.05, 4.69) is 10.6 Å². The van der Waals surface area contributed by atoms with Crippen molar-refractivity contribution in [2.24, 2.45) is 0 Å². The molecule has 15 heavy (non-hydrogen) atoms. The minimum atomic E-state index is -0.212. The first-order valence-electron chi connectivity index (χ1n) is 5.96. The van der Waals surface area contributed by atoms with Crippen LogP contribution in [0.4, 0.5) is 0 Å². The van der Waals surface area contributed by atoms with Crippen LogP contribution in [0.5, 0.6) is 0 Å². The van der Waals surface area contributed by atoms with Gasteiger partial charge in [-0.15, -0.1) is 0 Å². The summed E-state index contributed by atoms with van der Waals surface area (Å²) in [6, 6.07) is 0.660. The molecule has 2 rings (SSSR count). The van der Waals surface area contributed by atoms with E-state index >= 15 is 0 Å². The zero-order valence-corrected chi connectivity index (χ0v) is 9.04. The van der Waals surface area contributed by atoms with E-state index in [-0.39, 0.29) is 18.1 Å². The fourth-order valence-electron chi connectivity index (χ4n) is 2.08. The normalized spacial score (nSPS) is 30.5. The van der Waals surface area contributed by atoms with Gasteiger partial charge in [0, 0.05) is 25.0 Å². The fourth-order valence-corrected chi connectivity index (χ4v) is 2.08. The Kier molecular flexibility index (Phi) is 3.59. The number of rotatable bonds is 5. The Hall–Kier alpha value is -0.610. The topological polar surface area (TPSA) is 61.4 Å². The first-order chi connectivity index (χ1) is 7.25. The van der Waals surface area contributed by atoms with Gasteiger partial charge in [-0.1, -0.05) is 0 Å². The molecule has 0 aromatic rings. The summed E-state index contributed by atoms with van der Waals surface area (Å²) in [5.74, 6) is 0.137. The summed E-state index contributed by atoms with van der Waals surface area (Å²) in [5.41, 5.74) is 0. The van der Waals surface area contributed by atoms with Crippen molar-refractivity contribution < 1.29 is 9.90 Å². The van der Waals surface area contributed by atoms with Crippen LogP contribution in [-0.4, -0.2) is 35.7 Å². The summed E-state index contributed by atoms with van der Waals surface area (Å²) in [6.45, 7) is 0.681. The van der Waals surface area contributed by atoms with Crippen molar-refractivity contribution in [3.8, 4) is 0 Å². The lowest BCUT2D eigenvalue weighted by molar-refractivity contribution is -0.121. The summed E-state index contributed by atoms with van der Waals surface area (Å²) in [7, 11) is 0. The van der Waals surface area contributed by atoms with Crippen molar-refractivity contribution in [3.05, 3.63) is 0 Å². The SMILES string of the molecule is O=C(CCN[C@@H]1CCC[C@H]1O)NC1CC1. The van der Waals surface area contributed by atoms with E-state index in [1.54, 1.807) is 0 Å². The molecule has 4 nitrogen and oxygen atoms in total. The van der Waals surface area contributed by atoms with Crippen LogP contribution >= 0.6 is 0 Å². The lowest BCUT2D eigenvalue weighted by Crippen LogP contribution is -2.38. The minimum absolute atomic E-state index is 0.137. The molecular formula is C11H20N2O2. The molecular weight excluding hydrogens is 192 g/mol. The van der Waals surface area contributed by atoms with Gasteiger partial charge in [0.1, 0.15) is 0 Å². The molecule has 0 saturated heterocycles. The molecule has 0 bridgehead atoms. The van der Waals surface area contributed by atoms with Crippen LogP contribution in [0.15, 0.2) is 0 Å². The lowest BCUT2D eigenvalue weighted by Gasteiger charge is -2.15. The number of nitrogens with one attached hydrogen (secondary N) is 2. The highest BCUT2D eigenvalue weighted by Crippen LogP contribution is 2.19. The monoisotopic (exact) mass is 212 g/mol. The second-order valence-electron chi connectivity index (χ2n) is 4.65. The Morgan fingerprint density at radius 1 is 1.27 bits per heavy atom. The summed E-state index contributed by atoms with van der Waals surface area (Å²) in [6.07, 6.45) is 5.61. The van der Waals surface area contributed by atoms with Crippen molar-refractivity contribution in [1.29, 1.82) is 0 Å². The van der Waals surface area contributed by atoms with Crippen LogP contribution in [0.3, 0.4) is 0 Å². The van der Waals surface area contributed by atoms with E-state index in [4.69, 9.17) is 0 Å². The maximum Gasteiger partial charge on any atom is 0.221 e. The molecule has 0 unspecified atom stereocenters. The number of aliphatic hydroxyl groups excluding tert-OH is 1. The molecule has 1 amide bonds. The second-order valence-corrected chi connectivity index (χ2v) is 4.65. The third-order valence-corrected chi connectivity index (χ3v) is 3.18. The van der Waals surface area contributed by atoms with Gasteiger partial charge < -0.3 is 15.7 Å². The first-order valence-corrected chi connectivity index (χ1v) is 5.96. The van der Waals surface area contributed by atoms with Gasteiger partial charge in [0.05, 0.1) is 6.10 Å². The van der Waals surface area contributed by atoms with Gasteiger partial charge in [-0.3, -0.25) is 4.79 Å². The van der Waals surface area contributed by atoms with Gasteiger partial charge in [0.2, 0.25) is 5.91 Å². The van der Waals surface area contributed by atoms with Crippen LogP contribution < -0.4 is 10.6 Å². The average molecular weight is 212 g/mol. The van der Waals surface area contributed by atoms with E-state index in [1.807, 2.05) is 0 Å². The Morgan fingerprint density at radius 3 is 2.67 bits per heavy atom. The number of hydrogen-bond acceptors (Lipinski definition) is 3. The van der Waals surface area contributed by atoms with Crippen molar-refractivity contribution in [3.63, 3.8) is 0 Å². The number of hydrogen-bond donors (Lipinski definition) is 3. The fraction of sp³-hybridized carbons (Fsp3) is 0.909. The van der Waals surface area contributed by atoms with Gasteiger partial charge in [-0.25, -0.2) is 0 Å². The maximum absolute atomic E-state index is 11.3. The van der Waals surface area contributed by atoms with Crippen molar-refractivity contribution in [1.82, 2.24) is 10.6 Å². The van der Waals surface area contributed by atoms with Crippen LogP contribution in [0.1, 0.15) is 38.5 Å². The molecule has 0 spiro atoms. The summed E-state index contributed by atoms with van der Waals surface area (Å²) >= 11 is 0. The summed E-state index contributed by atoms with van der Waals surface area (Å²) in [5, 5.41) is 15.7. The molecule has 0 heterocycles. The third-order valence-electron chi connectivity index (χ3n) is 3.18. The van der Waals surface area contributed by atoms with Gasteiger partial charge in [-0.05, 0) is 32.1 Å². The molecule has 4 heteroatoms. The highest BCUT2D eigenvalue weighted by atomic mass is 16.3. The molecule has 3 N–H and O–H groups in total. The van der Waals surface area contributed by atoms with E-state index < -0.39 is 0 Å². The highest BCUT2D eigenvalue weighted by molar-refractivity contribution is 5.76. The van der Waals surface area contributed by atoms with E-state index in [1.165, 1.54) is 0 Å². The summed E-state index contributed by atoms with van der Waals surface area (Å²) in [4.78, 5) is 11.3. The highest BCUT2D eigenvalue weighted by Gasteiger charge is 2.25. The quantitative estimate of drug-likeness (QED) is 0.608.